The molecule has 2 heterocycles. The summed E-state index contributed by atoms with van der Waals surface area (Å²) in [5, 5.41) is 0. The smallest absolute Gasteiger partial charge is 0.225 e. The quantitative estimate of drug-likeness (QED) is 0.582. The third kappa shape index (κ3) is 7.29. The summed E-state index contributed by atoms with van der Waals surface area (Å²) in [5.74, 6) is 0.438. The zero-order valence-electron chi connectivity index (χ0n) is 19.0. The number of carbonyl (C=O) groups is 1. The molecule has 2 fully saturated rings. The minimum atomic E-state index is -3.16. The van der Waals surface area contributed by atoms with Gasteiger partial charge in [-0.05, 0) is 57.2 Å². The highest BCUT2D eigenvalue weighted by Gasteiger charge is 2.33. The van der Waals surface area contributed by atoms with E-state index < -0.39 is 10.0 Å². The number of piperidine rings is 1. The third-order valence-electron chi connectivity index (χ3n) is 6.64. The van der Waals surface area contributed by atoms with E-state index in [9.17, 15) is 13.2 Å². The highest BCUT2D eigenvalue weighted by atomic mass is 32.2. The Hall–Kier alpha value is -1.44. The molecule has 0 spiro atoms. The Kier molecular flexibility index (Phi) is 9.35. The summed E-state index contributed by atoms with van der Waals surface area (Å²) in [6.45, 7) is 7.65. The largest absolute Gasteiger partial charge is 0.341 e. The van der Waals surface area contributed by atoms with Crippen molar-refractivity contribution in [1.82, 2.24) is 14.1 Å². The van der Waals surface area contributed by atoms with Gasteiger partial charge in [0.25, 0.3) is 0 Å². The molecule has 0 atom stereocenters. The molecule has 174 valence electrons. The fourth-order valence-electron chi connectivity index (χ4n) is 4.66. The van der Waals surface area contributed by atoms with Crippen LogP contribution in [-0.4, -0.2) is 80.0 Å². The molecule has 0 N–H and O–H groups in total. The molecule has 6 nitrogen and oxygen atoms in total. The molecule has 1 aromatic carbocycles. The van der Waals surface area contributed by atoms with Crippen LogP contribution in [0.1, 0.15) is 51.0 Å². The number of benzene rings is 1. The van der Waals surface area contributed by atoms with E-state index in [1.54, 1.807) is 4.31 Å². The van der Waals surface area contributed by atoms with Gasteiger partial charge in [0.05, 0.1) is 5.75 Å². The lowest BCUT2D eigenvalue weighted by Crippen LogP contribution is -2.45. The Balaban J connectivity index is 1.40. The monoisotopic (exact) mass is 449 g/mol. The van der Waals surface area contributed by atoms with Crippen molar-refractivity contribution in [3.05, 3.63) is 35.9 Å². The number of carbonyl (C=O) groups excluding carboxylic acids is 1. The van der Waals surface area contributed by atoms with Crippen LogP contribution in [0.4, 0.5) is 0 Å². The Labute approximate surface area is 188 Å². The van der Waals surface area contributed by atoms with Crippen LogP contribution in [0.5, 0.6) is 0 Å². The van der Waals surface area contributed by atoms with E-state index in [2.05, 4.69) is 35.2 Å². The molecule has 0 aliphatic carbocycles. The number of rotatable bonds is 9. The molecule has 1 aromatic rings. The summed E-state index contributed by atoms with van der Waals surface area (Å²) < 4.78 is 26.4. The Morgan fingerprint density at radius 1 is 0.968 bits per heavy atom. The lowest BCUT2D eigenvalue weighted by molar-refractivity contribution is -0.136. The average molecular weight is 450 g/mol. The molecule has 0 saturated carbocycles. The highest BCUT2D eigenvalue weighted by Crippen LogP contribution is 2.23. The highest BCUT2D eigenvalue weighted by molar-refractivity contribution is 7.89. The molecule has 1 amide bonds. The minimum Gasteiger partial charge on any atom is -0.341 e. The summed E-state index contributed by atoms with van der Waals surface area (Å²) >= 11 is 0. The SMILES string of the molecule is CCCCS(=O)(=O)N1CCC(C(=O)N2CCCN(CCCc3ccccc3)CC2)CC1. The number of hydrogen-bond acceptors (Lipinski definition) is 4. The van der Waals surface area contributed by atoms with E-state index >= 15 is 0 Å². The van der Waals surface area contributed by atoms with Crippen molar-refractivity contribution in [3.8, 4) is 0 Å². The predicted octanol–water partition coefficient (Wildman–Crippen LogP) is 3.00. The fraction of sp³-hybridized carbons (Fsp3) is 0.708. The van der Waals surface area contributed by atoms with Crippen molar-refractivity contribution in [1.29, 1.82) is 0 Å². The van der Waals surface area contributed by atoms with Crippen LogP contribution >= 0.6 is 0 Å². The molecule has 2 aliphatic rings. The standard InChI is InChI=1S/C24H39N3O3S/c1-2-3-21-31(29,30)27-17-12-23(13-18-27)24(28)26-16-8-15-25(19-20-26)14-7-11-22-9-5-4-6-10-22/h4-6,9-10,23H,2-3,7-8,11-21H2,1H3. The van der Waals surface area contributed by atoms with E-state index in [-0.39, 0.29) is 17.6 Å². The van der Waals surface area contributed by atoms with Gasteiger partial charge in [-0.3, -0.25) is 4.79 Å². The van der Waals surface area contributed by atoms with Crippen molar-refractivity contribution in [3.63, 3.8) is 0 Å². The van der Waals surface area contributed by atoms with E-state index in [0.29, 0.717) is 32.4 Å². The van der Waals surface area contributed by atoms with Crippen LogP contribution < -0.4 is 0 Å². The number of hydrogen-bond donors (Lipinski definition) is 0. The first-order valence-corrected chi connectivity index (χ1v) is 13.6. The van der Waals surface area contributed by atoms with Gasteiger partial charge in [0, 0.05) is 38.6 Å². The van der Waals surface area contributed by atoms with Crippen molar-refractivity contribution < 1.29 is 13.2 Å². The lowest BCUT2D eigenvalue weighted by atomic mass is 9.96. The van der Waals surface area contributed by atoms with E-state index in [1.807, 2.05) is 11.8 Å². The molecule has 0 aromatic heterocycles. The molecule has 0 bridgehead atoms. The molecule has 31 heavy (non-hydrogen) atoms. The van der Waals surface area contributed by atoms with Gasteiger partial charge in [0.2, 0.25) is 15.9 Å². The average Bonchev–Trinajstić information content (AvgIpc) is 3.04. The van der Waals surface area contributed by atoms with Gasteiger partial charge in [-0.15, -0.1) is 0 Å². The van der Waals surface area contributed by atoms with Crippen molar-refractivity contribution in [2.45, 2.75) is 51.9 Å². The van der Waals surface area contributed by atoms with Crippen molar-refractivity contribution >= 4 is 15.9 Å². The summed E-state index contributed by atoms with van der Waals surface area (Å²) in [6.07, 6.45) is 6.15. The van der Waals surface area contributed by atoms with Gasteiger partial charge >= 0.3 is 0 Å². The fourth-order valence-corrected chi connectivity index (χ4v) is 6.34. The first-order chi connectivity index (χ1) is 15.0. The molecule has 7 heteroatoms. The minimum absolute atomic E-state index is 0.0257. The van der Waals surface area contributed by atoms with Gasteiger partial charge in [-0.1, -0.05) is 43.7 Å². The van der Waals surface area contributed by atoms with Gasteiger partial charge in [0.1, 0.15) is 0 Å². The van der Waals surface area contributed by atoms with Gasteiger partial charge in [0.15, 0.2) is 0 Å². The van der Waals surface area contributed by atoms with Crippen LogP contribution in [0.25, 0.3) is 0 Å². The molecule has 3 rings (SSSR count). The van der Waals surface area contributed by atoms with Crippen LogP contribution in [0, 0.1) is 5.92 Å². The zero-order chi connectivity index (χ0) is 22.1. The first kappa shape index (κ1) is 24.2. The Bertz CT molecular complexity index is 777. The number of nitrogens with zero attached hydrogens (tertiary/aromatic N) is 3. The van der Waals surface area contributed by atoms with Crippen LogP contribution in [0.15, 0.2) is 30.3 Å². The second kappa shape index (κ2) is 12.0. The summed E-state index contributed by atoms with van der Waals surface area (Å²) in [5.41, 5.74) is 1.39. The van der Waals surface area contributed by atoms with Crippen LogP contribution in [-0.2, 0) is 21.2 Å². The topological polar surface area (TPSA) is 60.9 Å². The summed E-state index contributed by atoms with van der Waals surface area (Å²) in [6, 6.07) is 10.6. The molecular formula is C24H39N3O3S. The maximum atomic E-state index is 13.1. The zero-order valence-corrected chi connectivity index (χ0v) is 19.9. The molecule has 2 saturated heterocycles. The molecule has 0 unspecified atom stereocenters. The van der Waals surface area contributed by atoms with Crippen molar-refractivity contribution in [2.75, 3.05) is 51.6 Å². The number of aryl methyl sites for hydroxylation is 1. The van der Waals surface area contributed by atoms with E-state index in [4.69, 9.17) is 0 Å². The normalized spacial score (nSPS) is 20.0. The van der Waals surface area contributed by atoms with Crippen LogP contribution in [0.3, 0.4) is 0 Å². The van der Waals surface area contributed by atoms with Gasteiger partial charge in [-0.25, -0.2) is 12.7 Å². The number of sulfonamides is 1. The lowest BCUT2D eigenvalue weighted by Gasteiger charge is -2.33. The van der Waals surface area contributed by atoms with E-state index in [0.717, 1.165) is 58.4 Å². The van der Waals surface area contributed by atoms with Gasteiger partial charge < -0.3 is 9.80 Å². The summed E-state index contributed by atoms with van der Waals surface area (Å²) in [7, 11) is -3.16. The predicted molar refractivity (Wildman–Crippen MR) is 125 cm³/mol. The van der Waals surface area contributed by atoms with Crippen molar-refractivity contribution in [2.24, 2.45) is 5.92 Å². The maximum absolute atomic E-state index is 13.1. The molecular weight excluding hydrogens is 410 g/mol. The van der Waals surface area contributed by atoms with E-state index in [1.165, 1.54) is 5.56 Å². The van der Waals surface area contributed by atoms with Gasteiger partial charge in [-0.2, -0.15) is 0 Å². The maximum Gasteiger partial charge on any atom is 0.225 e. The first-order valence-electron chi connectivity index (χ1n) is 12.0. The van der Waals surface area contributed by atoms with Crippen LogP contribution in [0.2, 0.25) is 0 Å². The number of amides is 1. The third-order valence-corrected chi connectivity index (χ3v) is 8.59. The Morgan fingerprint density at radius 2 is 1.71 bits per heavy atom. The Morgan fingerprint density at radius 3 is 2.42 bits per heavy atom. The second-order valence-corrected chi connectivity index (χ2v) is 11.0. The molecule has 2 aliphatic heterocycles. The molecule has 0 radical (unpaired) electrons. The number of unbranched alkanes of at least 4 members (excludes halogenated alkanes) is 1. The summed E-state index contributed by atoms with van der Waals surface area (Å²) in [4.78, 5) is 17.6. The second-order valence-electron chi connectivity index (χ2n) is 8.95.